The zero-order valence-electron chi connectivity index (χ0n) is 19.2. The van der Waals surface area contributed by atoms with E-state index in [-0.39, 0.29) is 22.4 Å². The molecule has 0 radical (unpaired) electrons. The Morgan fingerprint density at radius 1 is 1.00 bits per heavy atom. The first-order valence-electron chi connectivity index (χ1n) is 12.8. The third kappa shape index (κ3) is 2.83. The van der Waals surface area contributed by atoms with Gasteiger partial charge >= 0.3 is 5.95 Å². The van der Waals surface area contributed by atoms with E-state index >= 15 is 0 Å². The number of carbonyl (C=O) groups is 1. The fourth-order valence-electron chi connectivity index (χ4n) is 10.4. The predicted octanol–water partition coefficient (Wildman–Crippen LogP) is 4.67. The third-order valence-corrected chi connectivity index (χ3v) is 11.2. The van der Waals surface area contributed by atoms with Crippen molar-refractivity contribution >= 4 is 27.8 Å². The first-order valence-corrected chi connectivity index (χ1v) is 13.5. The van der Waals surface area contributed by atoms with Crippen molar-refractivity contribution in [2.75, 3.05) is 7.05 Å². The molecule has 8 saturated carbocycles. The van der Waals surface area contributed by atoms with Gasteiger partial charge in [-0.2, -0.15) is 4.68 Å². The van der Waals surface area contributed by atoms with Crippen LogP contribution in [0, 0.1) is 45.1 Å². The summed E-state index contributed by atoms with van der Waals surface area (Å²) >= 11 is 3.46. The normalized spacial score (nSPS) is 46.7. The van der Waals surface area contributed by atoms with Gasteiger partial charge < -0.3 is 15.0 Å². The molecule has 0 aromatic carbocycles. The van der Waals surface area contributed by atoms with Gasteiger partial charge in [-0.05, 0) is 117 Å². The number of amides is 1. The van der Waals surface area contributed by atoms with E-state index < -0.39 is 4.92 Å². The van der Waals surface area contributed by atoms with E-state index in [1.165, 1.54) is 44.9 Å². The molecule has 9 rings (SSSR count). The quantitative estimate of drug-likeness (QED) is 0.427. The summed E-state index contributed by atoms with van der Waals surface area (Å²) in [5, 5.41) is 15.7. The summed E-state index contributed by atoms with van der Waals surface area (Å²) in [5.41, 5.74) is -0.639. The summed E-state index contributed by atoms with van der Waals surface area (Å²) in [4.78, 5) is 31.6. The van der Waals surface area contributed by atoms with Gasteiger partial charge in [0.05, 0.1) is 11.0 Å². The lowest BCUT2D eigenvalue weighted by molar-refractivity contribution is -0.394. The van der Waals surface area contributed by atoms with E-state index in [0.29, 0.717) is 22.5 Å². The molecule has 8 aliphatic carbocycles. The molecule has 0 N–H and O–H groups in total. The summed E-state index contributed by atoms with van der Waals surface area (Å²) in [6.07, 6.45) is 13.4. The fourth-order valence-corrected chi connectivity index (χ4v) is 11.0. The van der Waals surface area contributed by atoms with Gasteiger partial charge in [0.15, 0.2) is 0 Å². The van der Waals surface area contributed by atoms with Crippen LogP contribution in [0.1, 0.15) is 77.0 Å². The van der Waals surface area contributed by atoms with E-state index in [9.17, 15) is 14.9 Å². The van der Waals surface area contributed by atoms with Gasteiger partial charge in [-0.1, -0.05) is 0 Å². The standard InChI is InChI=1S/C24H32BrN5O3/c1-28(23-8-14-2-15(9-23)4-16(3-14)10-23)19(31)22-6-17-5-18(7-22)12-24(11-17,13-22)29-20(25)26-21(27-29)30(32)33/h14-18H,2-13H2,1H3/t14?,15?,16?,17-,18-,22?,23?,24?/m0/s1. The Hall–Kier alpha value is -1.51. The molecule has 8 bridgehead atoms. The highest BCUT2D eigenvalue weighted by Crippen LogP contribution is 2.66. The molecule has 9 heteroatoms. The Morgan fingerprint density at radius 3 is 2.06 bits per heavy atom. The van der Waals surface area contributed by atoms with Crippen molar-refractivity contribution in [3.8, 4) is 0 Å². The summed E-state index contributed by atoms with van der Waals surface area (Å²) in [6, 6.07) is 0. The van der Waals surface area contributed by atoms with E-state index in [1.54, 1.807) is 4.68 Å². The van der Waals surface area contributed by atoms with Gasteiger partial charge in [-0.15, -0.1) is 0 Å². The number of hydrogen-bond donors (Lipinski definition) is 0. The molecular formula is C24H32BrN5O3. The Morgan fingerprint density at radius 2 is 1.55 bits per heavy atom. The lowest BCUT2D eigenvalue weighted by Gasteiger charge is -2.64. The Kier molecular flexibility index (Phi) is 4.15. The molecule has 2 atom stereocenters. The fraction of sp³-hybridized carbons (Fsp3) is 0.875. The molecule has 0 unspecified atom stereocenters. The molecular weight excluding hydrogens is 486 g/mol. The largest absolute Gasteiger partial charge is 0.492 e. The smallest absolute Gasteiger partial charge is 0.390 e. The van der Waals surface area contributed by atoms with Crippen LogP contribution in [0.25, 0.3) is 0 Å². The Labute approximate surface area is 202 Å². The number of hydrogen-bond acceptors (Lipinski definition) is 5. The van der Waals surface area contributed by atoms with Crippen LogP contribution < -0.4 is 0 Å². The van der Waals surface area contributed by atoms with E-state index in [2.05, 4.69) is 38.0 Å². The molecule has 1 heterocycles. The second kappa shape index (κ2) is 6.58. The van der Waals surface area contributed by atoms with Crippen LogP contribution in [0.15, 0.2) is 4.73 Å². The highest BCUT2D eigenvalue weighted by Gasteiger charge is 2.65. The van der Waals surface area contributed by atoms with Crippen LogP contribution in [0.3, 0.4) is 0 Å². The maximum Gasteiger partial charge on any atom is 0.492 e. The molecule has 8 fully saturated rings. The van der Waals surface area contributed by atoms with Crippen LogP contribution in [-0.2, 0) is 10.3 Å². The number of nitro groups is 1. The summed E-state index contributed by atoms with van der Waals surface area (Å²) in [7, 11) is 2.11. The second-order valence-electron chi connectivity index (χ2n) is 12.8. The van der Waals surface area contributed by atoms with Crippen LogP contribution in [0.2, 0.25) is 0 Å². The number of rotatable bonds is 4. The number of aromatic nitrogens is 3. The minimum absolute atomic E-state index is 0.0644. The predicted molar refractivity (Wildman–Crippen MR) is 123 cm³/mol. The van der Waals surface area contributed by atoms with E-state index in [0.717, 1.165) is 49.9 Å². The number of carbonyl (C=O) groups excluding carboxylic acids is 1. The maximum atomic E-state index is 14.4. The molecule has 0 aliphatic heterocycles. The first-order chi connectivity index (χ1) is 15.7. The lowest BCUT2D eigenvalue weighted by atomic mass is 9.46. The molecule has 0 saturated heterocycles. The molecule has 33 heavy (non-hydrogen) atoms. The van der Waals surface area contributed by atoms with Crippen molar-refractivity contribution in [2.24, 2.45) is 35.0 Å². The molecule has 1 amide bonds. The molecule has 0 spiro atoms. The van der Waals surface area contributed by atoms with Crippen molar-refractivity contribution in [3.63, 3.8) is 0 Å². The van der Waals surface area contributed by atoms with E-state index in [1.807, 2.05) is 0 Å². The minimum atomic E-state index is -0.524. The zero-order valence-corrected chi connectivity index (χ0v) is 20.8. The van der Waals surface area contributed by atoms with Crippen molar-refractivity contribution in [1.29, 1.82) is 0 Å². The molecule has 1 aromatic rings. The topological polar surface area (TPSA) is 94.2 Å². The Balaban J connectivity index is 1.24. The van der Waals surface area contributed by atoms with Gasteiger partial charge in [0.2, 0.25) is 5.91 Å². The SMILES string of the molecule is CN(C(=O)C12C[C@@H]3C[C@@H](C1)CC(n1nc([N+](=O)[O-])nc1Br)(C3)C2)C12CC3CC(CC(C3)C1)C2. The van der Waals surface area contributed by atoms with Crippen molar-refractivity contribution in [1.82, 2.24) is 19.7 Å². The average Bonchev–Trinajstić information content (AvgIpc) is 3.14. The third-order valence-electron chi connectivity index (χ3n) is 10.7. The van der Waals surface area contributed by atoms with Crippen molar-refractivity contribution in [2.45, 2.75) is 88.1 Å². The summed E-state index contributed by atoms with van der Waals surface area (Å²) < 4.78 is 2.20. The summed E-state index contributed by atoms with van der Waals surface area (Å²) in [6.45, 7) is 0. The van der Waals surface area contributed by atoms with Crippen LogP contribution >= 0.6 is 15.9 Å². The van der Waals surface area contributed by atoms with Gasteiger partial charge in [-0.25, -0.2) is 0 Å². The molecule has 8 aliphatic rings. The maximum absolute atomic E-state index is 14.4. The van der Waals surface area contributed by atoms with Crippen molar-refractivity contribution in [3.05, 3.63) is 14.8 Å². The van der Waals surface area contributed by atoms with Crippen LogP contribution in [0.5, 0.6) is 0 Å². The van der Waals surface area contributed by atoms with Crippen LogP contribution in [-0.4, -0.2) is 43.1 Å². The lowest BCUT2D eigenvalue weighted by Crippen LogP contribution is -2.66. The van der Waals surface area contributed by atoms with Gasteiger partial charge in [0.1, 0.15) is 0 Å². The second-order valence-corrected chi connectivity index (χ2v) is 13.5. The highest BCUT2D eigenvalue weighted by molar-refractivity contribution is 9.10. The number of halogens is 1. The molecule has 8 nitrogen and oxygen atoms in total. The molecule has 178 valence electrons. The zero-order chi connectivity index (χ0) is 22.8. The average molecular weight is 518 g/mol. The van der Waals surface area contributed by atoms with Crippen molar-refractivity contribution < 1.29 is 9.72 Å². The molecule has 1 aromatic heterocycles. The summed E-state index contributed by atoms with van der Waals surface area (Å²) in [5.74, 6) is 3.38. The van der Waals surface area contributed by atoms with Gasteiger partial charge in [0, 0.05) is 33.6 Å². The van der Waals surface area contributed by atoms with E-state index in [4.69, 9.17) is 0 Å². The van der Waals surface area contributed by atoms with Crippen LogP contribution in [0.4, 0.5) is 5.95 Å². The first kappa shape index (κ1) is 20.8. The monoisotopic (exact) mass is 517 g/mol. The van der Waals surface area contributed by atoms with Gasteiger partial charge in [0.25, 0.3) is 4.73 Å². The highest BCUT2D eigenvalue weighted by atomic mass is 79.9. The van der Waals surface area contributed by atoms with Gasteiger partial charge in [-0.3, -0.25) is 4.79 Å². The number of nitrogens with zero attached hydrogens (tertiary/aromatic N) is 5. The Bertz CT molecular complexity index is 1000. The minimum Gasteiger partial charge on any atom is -0.390 e.